The van der Waals surface area contributed by atoms with Crippen molar-refractivity contribution in [3.8, 4) is 17.9 Å². The minimum Gasteiger partial charge on any atom is -0.487 e. The molecule has 0 saturated heterocycles. The molecule has 1 heterocycles. The van der Waals surface area contributed by atoms with Crippen molar-refractivity contribution in [1.82, 2.24) is 0 Å². The van der Waals surface area contributed by atoms with Gasteiger partial charge in [0, 0.05) is 20.4 Å². The number of nitriles is 2. The number of allylic oxidation sites excluding steroid dienone is 1. The van der Waals surface area contributed by atoms with Crippen molar-refractivity contribution >= 4 is 74.3 Å². The van der Waals surface area contributed by atoms with E-state index in [0.29, 0.717) is 33.2 Å². The first-order valence-electron chi connectivity index (χ1n) is 10.8. The molecule has 36 heavy (non-hydrogen) atoms. The van der Waals surface area contributed by atoms with Crippen LogP contribution in [0.4, 0.5) is 0 Å². The van der Waals surface area contributed by atoms with E-state index >= 15 is 0 Å². The van der Waals surface area contributed by atoms with Crippen LogP contribution in [0.5, 0.6) is 5.75 Å². The van der Waals surface area contributed by atoms with Gasteiger partial charge in [-0.2, -0.15) is 10.5 Å². The van der Waals surface area contributed by atoms with Crippen molar-refractivity contribution in [1.29, 1.82) is 10.5 Å². The second kappa shape index (κ2) is 13.0. The fourth-order valence-corrected chi connectivity index (χ4v) is 6.57. The van der Waals surface area contributed by atoms with Gasteiger partial charge in [0.15, 0.2) is 5.78 Å². The van der Waals surface area contributed by atoms with E-state index in [1.165, 1.54) is 6.08 Å². The first kappa shape index (κ1) is 27.8. The molecule has 0 aliphatic rings. The van der Waals surface area contributed by atoms with Crippen LogP contribution in [0.2, 0.25) is 0 Å². The number of rotatable bonds is 9. The number of hydrogen-bond donors (Lipinski definition) is 0. The number of benzene rings is 2. The maximum Gasteiger partial charge on any atom is 0.348 e. The maximum absolute atomic E-state index is 13.1. The van der Waals surface area contributed by atoms with Crippen molar-refractivity contribution in [3.05, 3.63) is 87.2 Å². The van der Waals surface area contributed by atoms with E-state index in [9.17, 15) is 20.1 Å². The lowest BCUT2D eigenvalue weighted by atomic mass is 10.0. The standard InChI is InChI=1S/C27H20I2N2O4S/c1-3-34-27(33)26-16(2)21(14-31)24(36-26)12-23(32)19(13-30)9-18-10-20(28)11-22(29)25(18)35-15-17-7-5-4-6-8-17/h4-11H,3,12,15H2,1-2H3. The number of halogens is 2. The summed E-state index contributed by atoms with van der Waals surface area (Å²) < 4.78 is 12.9. The summed E-state index contributed by atoms with van der Waals surface area (Å²) in [6.45, 7) is 3.90. The Labute approximate surface area is 240 Å². The summed E-state index contributed by atoms with van der Waals surface area (Å²) in [6.07, 6.45) is 1.35. The number of ether oxygens (including phenoxy) is 2. The lowest BCUT2D eigenvalue weighted by molar-refractivity contribution is -0.114. The summed E-state index contributed by atoms with van der Waals surface area (Å²) in [5.41, 5.74) is 2.29. The first-order valence-corrected chi connectivity index (χ1v) is 13.8. The quantitative estimate of drug-likeness (QED) is 0.107. The van der Waals surface area contributed by atoms with E-state index in [1.807, 2.05) is 48.5 Å². The van der Waals surface area contributed by atoms with Crippen LogP contribution in [0.3, 0.4) is 0 Å². The third-order valence-electron chi connectivity index (χ3n) is 5.10. The molecule has 1 aromatic heterocycles. The average molecular weight is 722 g/mol. The second-order valence-electron chi connectivity index (χ2n) is 7.54. The second-order valence-corrected chi connectivity index (χ2v) is 11.0. The van der Waals surface area contributed by atoms with Crippen LogP contribution in [0.1, 0.15) is 43.7 Å². The van der Waals surface area contributed by atoms with Gasteiger partial charge in [-0.15, -0.1) is 11.3 Å². The van der Waals surface area contributed by atoms with E-state index < -0.39 is 11.8 Å². The molecular formula is C27H20I2N2O4S. The SMILES string of the molecule is CCOC(=O)c1sc(CC(=O)C(C#N)=Cc2cc(I)cc(I)c2OCc2ccccc2)c(C#N)c1C. The molecule has 0 spiro atoms. The maximum atomic E-state index is 13.1. The number of nitrogens with zero attached hydrogens (tertiary/aromatic N) is 2. The van der Waals surface area contributed by atoms with Gasteiger partial charge in [-0.3, -0.25) is 4.79 Å². The van der Waals surface area contributed by atoms with Crippen LogP contribution < -0.4 is 4.74 Å². The van der Waals surface area contributed by atoms with Crippen molar-refractivity contribution in [2.45, 2.75) is 26.9 Å². The Morgan fingerprint density at radius 1 is 1.14 bits per heavy atom. The molecule has 0 atom stereocenters. The molecule has 0 aliphatic carbocycles. The van der Waals surface area contributed by atoms with E-state index in [1.54, 1.807) is 13.8 Å². The molecule has 0 bridgehead atoms. The third-order valence-corrected chi connectivity index (χ3v) is 7.79. The molecule has 3 aromatic rings. The Morgan fingerprint density at radius 3 is 2.50 bits per heavy atom. The van der Waals surface area contributed by atoms with Crippen LogP contribution in [0.25, 0.3) is 6.08 Å². The monoisotopic (exact) mass is 722 g/mol. The fraction of sp³-hybridized carbons (Fsp3) is 0.185. The van der Waals surface area contributed by atoms with Crippen LogP contribution in [0, 0.1) is 36.7 Å². The molecule has 0 N–H and O–H groups in total. The van der Waals surface area contributed by atoms with Crippen molar-refractivity contribution < 1.29 is 19.1 Å². The highest BCUT2D eigenvalue weighted by Crippen LogP contribution is 2.32. The Balaban J connectivity index is 1.93. The molecule has 0 saturated carbocycles. The summed E-state index contributed by atoms with van der Waals surface area (Å²) in [5.74, 6) is -0.400. The molecule has 182 valence electrons. The summed E-state index contributed by atoms with van der Waals surface area (Å²) in [5, 5.41) is 19.4. The van der Waals surface area contributed by atoms with E-state index in [-0.39, 0.29) is 24.2 Å². The van der Waals surface area contributed by atoms with Gasteiger partial charge >= 0.3 is 5.97 Å². The third kappa shape index (κ3) is 6.72. The number of ketones is 1. The largest absolute Gasteiger partial charge is 0.487 e. The molecule has 0 radical (unpaired) electrons. The summed E-state index contributed by atoms with van der Waals surface area (Å²) >= 11 is 5.40. The van der Waals surface area contributed by atoms with Crippen LogP contribution in [-0.4, -0.2) is 18.4 Å². The highest BCUT2D eigenvalue weighted by atomic mass is 127. The first-order chi connectivity index (χ1) is 17.3. The van der Waals surface area contributed by atoms with Crippen molar-refractivity contribution in [2.75, 3.05) is 6.61 Å². The lowest BCUT2D eigenvalue weighted by Gasteiger charge is -2.13. The minimum atomic E-state index is -0.528. The molecule has 0 unspecified atom stereocenters. The smallest absolute Gasteiger partial charge is 0.348 e. The normalized spacial score (nSPS) is 10.9. The fourth-order valence-electron chi connectivity index (χ4n) is 3.38. The topological polar surface area (TPSA) is 100 Å². The number of esters is 1. The number of carbonyl (C=O) groups excluding carboxylic acids is 2. The molecule has 9 heteroatoms. The van der Waals surface area contributed by atoms with E-state index in [0.717, 1.165) is 24.0 Å². The molecule has 2 aromatic carbocycles. The van der Waals surface area contributed by atoms with Gasteiger partial charge in [-0.25, -0.2) is 4.79 Å². The Hall–Kier alpha value is -2.74. The van der Waals surface area contributed by atoms with Gasteiger partial charge < -0.3 is 9.47 Å². The highest BCUT2D eigenvalue weighted by molar-refractivity contribution is 14.1. The van der Waals surface area contributed by atoms with Gasteiger partial charge in [0.25, 0.3) is 0 Å². The van der Waals surface area contributed by atoms with Gasteiger partial charge in [0.2, 0.25) is 0 Å². The minimum absolute atomic E-state index is 0.0648. The zero-order valence-electron chi connectivity index (χ0n) is 19.4. The summed E-state index contributed by atoms with van der Waals surface area (Å²) in [7, 11) is 0. The summed E-state index contributed by atoms with van der Waals surface area (Å²) in [4.78, 5) is 26.1. The number of Topliss-reactive ketones (excluding diaryl/α,β-unsaturated/α-hetero) is 1. The lowest BCUT2D eigenvalue weighted by Crippen LogP contribution is -2.06. The van der Waals surface area contributed by atoms with Gasteiger partial charge in [0.05, 0.1) is 21.3 Å². The Morgan fingerprint density at radius 2 is 1.86 bits per heavy atom. The summed E-state index contributed by atoms with van der Waals surface area (Å²) in [6, 6.07) is 17.6. The average Bonchev–Trinajstić information content (AvgIpc) is 3.17. The van der Waals surface area contributed by atoms with Crippen molar-refractivity contribution in [2.24, 2.45) is 0 Å². The molecular weight excluding hydrogens is 702 g/mol. The Bertz CT molecular complexity index is 1420. The molecule has 0 fully saturated rings. The van der Waals surface area contributed by atoms with Gasteiger partial charge in [0.1, 0.15) is 29.4 Å². The molecule has 6 nitrogen and oxygen atoms in total. The molecule has 0 aliphatic heterocycles. The molecule has 0 amide bonds. The predicted octanol–water partition coefficient (Wildman–Crippen LogP) is 6.61. The van der Waals surface area contributed by atoms with Crippen LogP contribution in [-0.2, 0) is 22.6 Å². The zero-order chi connectivity index (χ0) is 26.2. The number of thiophene rings is 1. The van der Waals surface area contributed by atoms with Crippen LogP contribution >= 0.6 is 56.5 Å². The van der Waals surface area contributed by atoms with Crippen LogP contribution in [0.15, 0.2) is 48.0 Å². The molecule has 3 rings (SSSR count). The highest BCUT2D eigenvalue weighted by Gasteiger charge is 2.24. The predicted molar refractivity (Wildman–Crippen MR) is 155 cm³/mol. The van der Waals surface area contributed by atoms with Crippen molar-refractivity contribution in [3.63, 3.8) is 0 Å². The Kier molecular flexibility index (Phi) is 10.0. The van der Waals surface area contributed by atoms with E-state index in [4.69, 9.17) is 9.47 Å². The van der Waals surface area contributed by atoms with Gasteiger partial charge in [-0.1, -0.05) is 30.3 Å². The number of carbonyl (C=O) groups is 2. The zero-order valence-corrected chi connectivity index (χ0v) is 24.6. The number of hydrogen-bond acceptors (Lipinski definition) is 7. The van der Waals surface area contributed by atoms with Gasteiger partial charge in [-0.05, 0) is 88.4 Å². The van der Waals surface area contributed by atoms with E-state index in [2.05, 4.69) is 51.3 Å².